The number of rotatable bonds is 6. The van der Waals surface area contributed by atoms with Gasteiger partial charge >= 0.3 is 0 Å². The predicted octanol–water partition coefficient (Wildman–Crippen LogP) is 5.58. The van der Waals surface area contributed by atoms with Gasteiger partial charge in [0, 0.05) is 27.5 Å². The first-order valence-corrected chi connectivity index (χ1v) is 8.13. The van der Waals surface area contributed by atoms with E-state index in [-0.39, 0.29) is 0 Å². The molecule has 1 N–H and O–H groups in total. The zero-order valence-corrected chi connectivity index (χ0v) is 14.1. The summed E-state index contributed by atoms with van der Waals surface area (Å²) in [6.45, 7) is 3.92. The van der Waals surface area contributed by atoms with Crippen molar-refractivity contribution in [1.82, 2.24) is 5.32 Å². The van der Waals surface area contributed by atoms with Crippen molar-refractivity contribution in [3.8, 4) is 0 Å². The maximum Gasteiger partial charge on any atom is 0.0453 e. The van der Waals surface area contributed by atoms with Crippen LogP contribution in [0.4, 0.5) is 0 Å². The van der Waals surface area contributed by atoms with Gasteiger partial charge in [0.25, 0.3) is 0 Å². The molecule has 21 heavy (non-hydrogen) atoms. The Morgan fingerprint density at radius 3 is 2.43 bits per heavy atom. The summed E-state index contributed by atoms with van der Waals surface area (Å²) in [6, 6.07) is 13.7. The van der Waals surface area contributed by atoms with Gasteiger partial charge in [-0.15, -0.1) is 0 Å². The van der Waals surface area contributed by atoms with E-state index in [2.05, 4.69) is 18.3 Å². The van der Waals surface area contributed by atoms with Crippen LogP contribution >= 0.6 is 34.8 Å². The smallest absolute Gasteiger partial charge is 0.0453 e. The van der Waals surface area contributed by atoms with Gasteiger partial charge in [-0.2, -0.15) is 0 Å². The fourth-order valence-electron chi connectivity index (χ4n) is 2.34. The minimum atomic E-state index is 0.322. The van der Waals surface area contributed by atoms with Crippen LogP contribution in [0, 0.1) is 0 Å². The average molecular weight is 343 g/mol. The molecule has 1 unspecified atom stereocenters. The summed E-state index contributed by atoms with van der Waals surface area (Å²) in [6.07, 6.45) is 0.851. The molecule has 1 atom stereocenters. The van der Waals surface area contributed by atoms with Crippen molar-refractivity contribution in [3.05, 3.63) is 68.7 Å². The molecule has 112 valence electrons. The molecule has 0 fully saturated rings. The van der Waals surface area contributed by atoms with Crippen molar-refractivity contribution in [1.29, 1.82) is 0 Å². The Balaban J connectivity index is 2.23. The Morgan fingerprint density at radius 1 is 1.00 bits per heavy atom. The second-order valence-corrected chi connectivity index (χ2v) is 6.28. The van der Waals surface area contributed by atoms with Crippen LogP contribution in [-0.4, -0.2) is 13.1 Å². The summed E-state index contributed by atoms with van der Waals surface area (Å²) in [4.78, 5) is 0. The standard InChI is InChI=1S/C17H18Cl3N/c1-2-21-11-14(12-4-3-5-15(18)9-12)8-13-6-7-16(19)10-17(13)20/h3-7,9-10,14,21H,2,8,11H2,1H3. The third-order valence-electron chi connectivity index (χ3n) is 3.44. The Kier molecular flexibility index (Phi) is 6.38. The minimum Gasteiger partial charge on any atom is -0.316 e. The van der Waals surface area contributed by atoms with Crippen LogP contribution in [-0.2, 0) is 6.42 Å². The maximum absolute atomic E-state index is 6.30. The molecule has 4 heteroatoms. The largest absolute Gasteiger partial charge is 0.316 e. The van der Waals surface area contributed by atoms with Crippen molar-refractivity contribution in [2.75, 3.05) is 13.1 Å². The van der Waals surface area contributed by atoms with Crippen LogP contribution in [0.15, 0.2) is 42.5 Å². The van der Waals surface area contributed by atoms with Gasteiger partial charge in [0.2, 0.25) is 0 Å². The maximum atomic E-state index is 6.30. The van der Waals surface area contributed by atoms with Crippen LogP contribution in [0.3, 0.4) is 0 Å². The second kappa shape index (κ2) is 8.05. The first-order chi connectivity index (χ1) is 10.1. The molecular weight excluding hydrogens is 325 g/mol. The van der Waals surface area contributed by atoms with Gasteiger partial charge in [0.15, 0.2) is 0 Å². The van der Waals surface area contributed by atoms with E-state index in [1.807, 2.05) is 30.3 Å². The van der Waals surface area contributed by atoms with E-state index < -0.39 is 0 Å². The molecule has 0 saturated carbocycles. The fraction of sp³-hybridized carbons (Fsp3) is 0.294. The number of likely N-dealkylation sites (N-methyl/N-ethyl adjacent to an activating group) is 1. The van der Waals surface area contributed by atoms with Gasteiger partial charge in [0.1, 0.15) is 0 Å². The highest BCUT2D eigenvalue weighted by atomic mass is 35.5. The number of benzene rings is 2. The van der Waals surface area contributed by atoms with Gasteiger partial charge in [0.05, 0.1) is 0 Å². The molecule has 0 saturated heterocycles. The highest BCUT2D eigenvalue weighted by Gasteiger charge is 2.14. The lowest BCUT2D eigenvalue weighted by Gasteiger charge is -2.19. The second-order valence-electron chi connectivity index (χ2n) is 5.00. The van der Waals surface area contributed by atoms with Gasteiger partial charge in [-0.05, 0) is 48.4 Å². The summed E-state index contributed by atoms with van der Waals surface area (Å²) in [7, 11) is 0. The number of hydrogen-bond acceptors (Lipinski definition) is 1. The molecular formula is C17H18Cl3N. The van der Waals surface area contributed by atoms with Crippen LogP contribution in [0.2, 0.25) is 15.1 Å². The molecule has 2 aromatic carbocycles. The quantitative estimate of drug-likeness (QED) is 0.722. The molecule has 0 aromatic heterocycles. The highest BCUT2D eigenvalue weighted by Crippen LogP contribution is 2.28. The monoisotopic (exact) mass is 341 g/mol. The molecule has 0 heterocycles. The lowest BCUT2D eigenvalue weighted by Crippen LogP contribution is -2.22. The SMILES string of the molecule is CCNCC(Cc1ccc(Cl)cc1Cl)c1cccc(Cl)c1. The first kappa shape index (κ1) is 16.6. The van der Waals surface area contributed by atoms with Crippen LogP contribution in [0.5, 0.6) is 0 Å². The Hall–Kier alpha value is -0.730. The Labute approximate surface area is 141 Å². The zero-order valence-electron chi connectivity index (χ0n) is 11.9. The van der Waals surface area contributed by atoms with Crippen molar-refractivity contribution in [2.45, 2.75) is 19.3 Å². The minimum absolute atomic E-state index is 0.322. The highest BCUT2D eigenvalue weighted by molar-refractivity contribution is 6.35. The molecule has 0 amide bonds. The molecule has 0 aliphatic carbocycles. The van der Waals surface area contributed by atoms with E-state index >= 15 is 0 Å². The van der Waals surface area contributed by atoms with E-state index in [1.165, 1.54) is 5.56 Å². The van der Waals surface area contributed by atoms with Crippen LogP contribution in [0.25, 0.3) is 0 Å². The third kappa shape index (κ3) is 4.89. The van der Waals surface area contributed by atoms with Crippen molar-refractivity contribution < 1.29 is 0 Å². The van der Waals surface area contributed by atoms with Gasteiger partial charge in [-0.3, -0.25) is 0 Å². The molecule has 2 aromatic rings. The Bertz CT molecular complexity index is 598. The van der Waals surface area contributed by atoms with E-state index in [4.69, 9.17) is 34.8 Å². The van der Waals surface area contributed by atoms with Gasteiger partial charge in [-0.1, -0.05) is 59.9 Å². The van der Waals surface area contributed by atoms with E-state index in [9.17, 15) is 0 Å². The normalized spacial score (nSPS) is 12.4. The van der Waals surface area contributed by atoms with Crippen LogP contribution < -0.4 is 5.32 Å². The van der Waals surface area contributed by atoms with Crippen molar-refractivity contribution >= 4 is 34.8 Å². The lowest BCUT2D eigenvalue weighted by atomic mass is 9.92. The number of halogens is 3. The Morgan fingerprint density at radius 2 is 1.76 bits per heavy atom. The van der Waals surface area contributed by atoms with Crippen LogP contribution in [0.1, 0.15) is 24.0 Å². The van der Waals surface area contributed by atoms with E-state index in [0.717, 1.165) is 30.1 Å². The summed E-state index contributed by atoms with van der Waals surface area (Å²) < 4.78 is 0. The average Bonchev–Trinajstić information content (AvgIpc) is 2.45. The molecule has 0 aliphatic heterocycles. The molecule has 0 bridgehead atoms. The van der Waals surface area contributed by atoms with E-state index in [0.29, 0.717) is 16.0 Å². The molecule has 0 aliphatic rings. The summed E-state index contributed by atoms with van der Waals surface area (Å²) in [5.74, 6) is 0.322. The first-order valence-electron chi connectivity index (χ1n) is 7.00. The van der Waals surface area contributed by atoms with Crippen molar-refractivity contribution in [3.63, 3.8) is 0 Å². The summed E-state index contributed by atoms with van der Waals surface area (Å²) in [5, 5.41) is 5.54. The zero-order chi connectivity index (χ0) is 15.2. The lowest BCUT2D eigenvalue weighted by molar-refractivity contribution is 0.595. The number of hydrogen-bond donors (Lipinski definition) is 1. The third-order valence-corrected chi connectivity index (χ3v) is 4.26. The van der Waals surface area contributed by atoms with Crippen molar-refractivity contribution in [2.24, 2.45) is 0 Å². The summed E-state index contributed by atoms with van der Waals surface area (Å²) >= 11 is 18.4. The van der Waals surface area contributed by atoms with Gasteiger partial charge in [-0.25, -0.2) is 0 Å². The molecule has 2 rings (SSSR count). The van der Waals surface area contributed by atoms with Gasteiger partial charge < -0.3 is 5.32 Å². The topological polar surface area (TPSA) is 12.0 Å². The molecule has 0 spiro atoms. The summed E-state index contributed by atoms with van der Waals surface area (Å²) in [5.41, 5.74) is 2.32. The predicted molar refractivity (Wildman–Crippen MR) is 92.9 cm³/mol. The molecule has 0 radical (unpaired) electrons. The number of nitrogens with one attached hydrogen (secondary N) is 1. The fourth-order valence-corrected chi connectivity index (χ4v) is 3.02. The molecule has 1 nitrogen and oxygen atoms in total. The van der Waals surface area contributed by atoms with E-state index in [1.54, 1.807) is 6.07 Å².